The van der Waals surface area contributed by atoms with Crippen LogP contribution in [-0.2, 0) is 16.1 Å². The molecule has 0 radical (unpaired) electrons. The van der Waals surface area contributed by atoms with Gasteiger partial charge in [-0.25, -0.2) is 4.39 Å². The SMILES string of the molecule is CCOCCN1CCC(C(=O)NCc2ccc(F)cc2)CC1. The van der Waals surface area contributed by atoms with E-state index < -0.39 is 0 Å². The van der Waals surface area contributed by atoms with Crippen molar-refractivity contribution in [2.45, 2.75) is 26.3 Å². The third kappa shape index (κ3) is 5.39. The number of likely N-dealkylation sites (tertiary alicyclic amines) is 1. The minimum Gasteiger partial charge on any atom is -0.380 e. The molecule has 0 spiro atoms. The second-order valence-corrected chi connectivity index (χ2v) is 5.66. The highest BCUT2D eigenvalue weighted by molar-refractivity contribution is 5.78. The lowest BCUT2D eigenvalue weighted by atomic mass is 9.96. The number of hydrogen-bond donors (Lipinski definition) is 1. The summed E-state index contributed by atoms with van der Waals surface area (Å²) in [7, 11) is 0. The molecule has 1 aromatic rings. The summed E-state index contributed by atoms with van der Waals surface area (Å²) >= 11 is 0. The molecule has 1 heterocycles. The Labute approximate surface area is 131 Å². The average Bonchev–Trinajstić information content (AvgIpc) is 2.55. The van der Waals surface area contributed by atoms with E-state index in [9.17, 15) is 9.18 Å². The van der Waals surface area contributed by atoms with Gasteiger partial charge in [0.1, 0.15) is 5.82 Å². The molecular weight excluding hydrogens is 283 g/mol. The first-order valence-corrected chi connectivity index (χ1v) is 8.01. The molecule has 1 N–H and O–H groups in total. The summed E-state index contributed by atoms with van der Waals surface area (Å²) in [4.78, 5) is 14.5. The predicted molar refractivity (Wildman–Crippen MR) is 83.9 cm³/mol. The van der Waals surface area contributed by atoms with Crippen molar-refractivity contribution in [1.82, 2.24) is 10.2 Å². The Morgan fingerprint density at radius 3 is 2.64 bits per heavy atom. The van der Waals surface area contributed by atoms with Crippen molar-refractivity contribution in [3.8, 4) is 0 Å². The predicted octanol–water partition coefficient (Wildman–Crippen LogP) is 2.19. The van der Waals surface area contributed by atoms with Crippen molar-refractivity contribution in [3.63, 3.8) is 0 Å². The van der Waals surface area contributed by atoms with Crippen molar-refractivity contribution in [2.75, 3.05) is 32.8 Å². The summed E-state index contributed by atoms with van der Waals surface area (Å²) in [5, 5.41) is 2.95. The first-order valence-electron chi connectivity index (χ1n) is 8.01. The zero-order valence-electron chi connectivity index (χ0n) is 13.2. The third-order valence-electron chi connectivity index (χ3n) is 4.09. The van der Waals surface area contributed by atoms with Crippen LogP contribution in [0.3, 0.4) is 0 Å². The van der Waals surface area contributed by atoms with Gasteiger partial charge >= 0.3 is 0 Å². The van der Waals surface area contributed by atoms with Crippen molar-refractivity contribution in [2.24, 2.45) is 5.92 Å². The summed E-state index contributed by atoms with van der Waals surface area (Å²) in [6.07, 6.45) is 1.78. The van der Waals surface area contributed by atoms with Gasteiger partial charge in [-0.2, -0.15) is 0 Å². The second kappa shape index (κ2) is 8.86. The Morgan fingerprint density at radius 2 is 2.00 bits per heavy atom. The van der Waals surface area contributed by atoms with E-state index in [0.717, 1.165) is 51.3 Å². The van der Waals surface area contributed by atoms with Crippen molar-refractivity contribution in [3.05, 3.63) is 35.6 Å². The lowest BCUT2D eigenvalue weighted by Gasteiger charge is -2.31. The van der Waals surface area contributed by atoms with Crippen LogP contribution in [0.4, 0.5) is 4.39 Å². The Hall–Kier alpha value is -1.46. The fourth-order valence-electron chi connectivity index (χ4n) is 2.69. The van der Waals surface area contributed by atoms with E-state index in [1.165, 1.54) is 12.1 Å². The first-order chi connectivity index (χ1) is 10.7. The fourth-order valence-corrected chi connectivity index (χ4v) is 2.69. The highest BCUT2D eigenvalue weighted by atomic mass is 19.1. The lowest BCUT2D eigenvalue weighted by molar-refractivity contribution is -0.126. The fraction of sp³-hybridized carbons (Fsp3) is 0.588. The highest BCUT2D eigenvalue weighted by Crippen LogP contribution is 2.17. The standard InChI is InChI=1S/C17H25FN2O2/c1-2-22-12-11-20-9-7-15(8-10-20)17(21)19-13-14-3-5-16(18)6-4-14/h3-6,15H,2,7-13H2,1H3,(H,19,21). The van der Waals surface area contributed by atoms with Gasteiger partial charge in [-0.05, 0) is 50.6 Å². The van der Waals surface area contributed by atoms with Gasteiger partial charge < -0.3 is 15.0 Å². The highest BCUT2D eigenvalue weighted by Gasteiger charge is 2.24. The molecule has 0 bridgehead atoms. The molecule has 22 heavy (non-hydrogen) atoms. The van der Waals surface area contributed by atoms with Gasteiger partial charge in [0.05, 0.1) is 6.61 Å². The zero-order valence-corrected chi connectivity index (χ0v) is 13.2. The van der Waals surface area contributed by atoms with Gasteiger partial charge in [-0.15, -0.1) is 0 Å². The maximum atomic E-state index is 12.8. The van der Waals surface area contributed by atoms with Gasteiger partial charge in [0.15, 0.2) is 0 Å². The van der Waals surface area contributed by atoms with Gasteiger partial charge in [-0.3, -0.25) is 4.79 Å². The molecular formula is C17H25FN2O2. The van der Waals surface area contributed by atoms with Crippen molar-refractivity contribution in [1.29, 1.82) is 0 Å². The van der Waals surface area contributed by atoms with Crippen LogP contribution in [0.1, 0.15) is 25.3 Å². The summed E-state index contributed by atoms with van der Waals surface area (Å²) < 4.78 is 18.2. The summed E-state index contributed by atoms with van der Waals surface area (Å²) in [6, 6.07) is 6.23. The lowest BCUT2D eigenvalue weighted by Crippen LogP contribution is -2.41. The van der Waals surface area contributed by atoms with E-state index in [0.29, 0.717) is 6.54 Å². The van der Waals surface area contributed by atoms with E-state index in [1.54, 1.807) is 12.1 Å². The van der Waals surface area contributed by atoms with Gasteiger partial charge in [0.2, 0.25) is 5.91 Å². The molecule has 1 aliphatic heterocycles. The summed E-state index contributed by atoms with van der Waals surface area (Å²) in [5.41, 5.74) is 0.920. The monoisotopic (exact) mass is 308 g/mol. The number of piperidine rings is 1. The zero-order chi connectivity index (χ0) is 15.8. The molecule has 2 rings (SSSR count). The maximum Gasteiger partial charge on any atom is 0.223 e. The smallest absolute Gasteiger partial charge is 0.223 e. The number of benzene rings is 1. The molecule has 1 amide bonds. The van der Waals surface area contributed by atoms with Crippen LogP contribution in [0, 0.1) is 11.7 Å². The van der Waals surface area contributed by atoms with Gasteiger partial charge in [-0.1, -0.05) is 12.1 Å². The first kappa shape index (κ1) is 16.9. The van der Waals surface area contributed by atoms with Crippen LogP contribution in [0.25, 0.3) is 0 Å². The van der Waals surface area contributed by atoms with E-state index >= 15 is 0 Å². The normalized spacial score (nSPS) is 16.6. The van der Waals surface area contributed by atoms with Crippen LogP contribution in [0.5, 0.6) is 0 Å². The number of rotatable bonds is 7. The number of halogens is 1. The number of nitrogens with zero attached hydrogens (tertiary/aromatic N) is 1. The number of amides is 1. The van der Waals surface area contributed by atoms with E-state index in [1.807, 2.05) is 6.92 Å². The van der Waals surface area contributed by atoms with E-state index in [4.69, 9.17) is 4.74 Å². The summed E-state index contributed by atoms with van der Waals surface area (Å²) in [5.74, 6) is -0.0629. The largest absolute Gasteiger partial charge is 0.380 e. The molecule has 1 saturated heterocycles. The Morgan fingerprint density at radius 1 is 1.32 bits per heavy atom. The Bertz CT molecular complexity index is 456. The van der Waals surface area contributed by atoms with Crippen LogP contribution in [0.2, 0.25) is 0 Å². The van der Waals surface area contributed by atoms with Crippen molar-refractivity contribution < 1.29 is 13.9 Å². The van der Waals surface area contributed by atoms with Crippen LogP contribution in [0.15, 0.2) is 24.3 Å². The number of carbonyl (C=O) groups is 1. The minimum absolute atomic E-state index is 0.0868. The van der Waals surface area contributed by atoms with E-state index in [2.05, 4.69) is 10.2 Å². The topological polar surface area (TPSA) is 41.6 Å². The maximum absolute atomic E-state index is 12.8. The number of ether oxygens (including phenoxy) is 1. The van der Waals surface area contributed by atoms with E-state index in [-0.39, 0.29) is 17.6 Å². The molecule has 1 fully saturated rings. The molecule has 1 aliphatic rings. The number of hydrogen-bond acceptors (Lipinski definition) is 3. The number of carbonyl (C=O) groups excluding carboxylic acids is 1. The molecule has 0 unspecified atom stereocenters. The van der Waals surface area contributed by atoms with Crippen molar-refractivity contribution >= 4 is 5.91 Å². The van der Waals surface area contributed by atoms with Gasteiger partial charge in [0.25, 0.3) is 0 Å². The molecule has 5 heteroatoms. The van der Waals surface area contributed by atoms with Crippen LogP contribution in [-0.4, -0.2) is 43.7 Å². The molecule has 0 aromatic heterocycles. The molecule has 0 aliphatic carbocycles. The molecule has 1 aromatic carbocycles. The molecule has 0 atom stereocenters. The quantitative estimate of drug-likeness (QED) is 0.785. The second-order valence-electron chi connectivity index (χ2n) is 5.66. The Balaban J connectivity index is 1.67. The number of nitrogens with one attached hydrogen (secondary N) is 1. The Kier molecular flexibility index (Phi) is 6.80. The minimum atomic E-state index is -0.255. The van der Waals surface area contributed by atoms with Crippen LogP contribution >= 0.6 is 0 Å². The molecule has 0 saturated carbocycles. The van der Waals surface area contributed by atoms with Gasteiger partial charge in [0, 0.05) is 25.6 Å². The summed E-state index contributed by atoms with van der Waals surface area (Å²) in [6.45, 7) is 6.81. The average molecular weight is 308 g/mol. The third-order valence-corrected chi connectivity index (χ3v) is 4.09. The molecule has 4 nitrogen and oxygen atoms in total. The molecule has 122 valence electrons. The van der Waals surface area contributed by atoms with Crippen LogP contribution < -0.4 is 5.32 Å².